The number of hydrogen-bond donors (Lipinski definition) is 2. The molecule has 0 saturated heterocycles. The fraction of sp³-hybridized carbons (Fsp3) is 0.750. The maximum atomic E-state index is 11.6. The first-order valence-corrected chi connectivity index (χ1v) is 9.08. The third-order valence-electron chi connectivity index (χ3n) is 5.57. The molecule has 0 aromatic heterocycles. The summed E-state index contributed by atoms with van der Waals surface area (Å²) in [7, 11) is 0. The molecule has 0 aromatic rings. The summed E-state index contributed by atoms with van der Waals surface area (Å²) in [6, 6.07) is 0. The van der Waals surface area contributed by atoms with Crippen molar-refractivity contribution >= 4 is 5.78 Å². The van der Waals surface area contributed by atoms with Crippen molar-refractivity contribution in [1.29, 1.82) is 0 Å². The van der Waals surface area contributed by atoms with Crippen LogP contribution in [-0.4, -0.2) is 28.2 Å². The Morgan fingerprint density at radius 3 is 2.78 bits per heavy atom. The Bertz CT molecular complexity index is 462. The van der Waals surface area contributed by atoms with Gasteiger partial charge in [-0.25, -0.2) is 0 Å². The largest absolute Gasteiger partial charge is 0.392 e. The molecule has 2 fully saturated rings. The van der Waals surface area contributed by atoms with Crippen LogP contribution >= 0.6 is 0 Å². The number of carbonyl (C=O) groups excluding carboxylic acids is 1. The molecule has 0 aromatic carbocycles. The Labute approximate surface area is 140 Å². The quantitative estimate of drug-likeness (QED) is 0.556. The van der Waals surface area contributed by atoms with E-state index in [1.54, 1.807) is 0 Å². The minimum absolute atomic E-state index is 0.0407. The van der Waals surface area contributed by atoms with E-state index < -0.39 is 6.10 Å². The Kier molecular flexibility index (Phi) is 6.60. The standard InChI is InChI=1S/C20H32O3/c1-13(2)6-4-5-7-14(3)19(22)9-8-17-18-12-16(21)10-15(18)11-20(17)23/h6,8-9,14-15,17-20,22-23H,4-5,7,10-12H2,1-3H3/b9-8-. The summed E-state index contributed by atoms with van der Waals surface area (Å²) in [5, 5.41) is 20.5. The molecule has 2 N–H and O–H groups in total. The zero-order valence-corrected chi connectivity index (χ0v) is 14.7. The SMILES string of the molecule is CC(C)=CCCCC(C)C(O)/C=C\C1C(O)CC2CC(=O)CC21. The van der Waals surface area contributed by atoms with Gasteiger partial charge in [0.25, 0.3) is 0 Å². The van der Waals surface area contributed by atoms with Gasteiger partial charge in [0, 0.05) is 18.8 Å². The molecule has 0 spiro atoms. The first-order chi connectivity index (χ1) is 10.9. The molecule has 2 aliphatic carbocycles. The number of allylic oxidation sites excluding steroid dienone is 2. The number of hydrogen-bond acceptors (Lipinski definition) is 3. The van der Waals surface area contributed by atoms with Crippen LogP contribution in [0.15, 0.2) is 23.8 Å². The average molecular weight is 320 g/mol. The number of unbranched alkanes of at least 4 members (excludes halogenated alkanes) is 1. The highest BCUT2D eigenvalue weighted by molar-refractivity contribution is 5.81. The zero-order valence-electron chi connectivity index (χ0n) is 14.7. The summed E-state index contributed by atoms with van der Waals surface area (Å²) in [6.07, 6.45) is 10.4. The number of Topliss-reactive ketones (excluding diaryl/α,β-unsaturated/α-hetero) is 1. The van der Waals surface area contributed by atoms with Crippen LogP contribution in [0.3, 0.4) is 0 Å². The molecule has 0 radical (unpaired) electrons. The average Bonchev–Trinajstić information content (AvgIpc) is 2.95. The van der Waals surface area contributed by atoms with Crippen LogP contribution in [-0.2, 0) is 4.79 Å². The molecule has 23 heavy (non-hydrogen) atoms. The van der Waals surface area contributed by atoms with Crippen LogP contribution in [0.5, 0.6) is 0 Å². The number of aliphatic hydroxyl groups excluding tert-OH is 2. The minimum Gasteiger partial charge on any atom is -0.392 e. The Hall–Kier alpha value is -0.930. The first-order valence-electron chi connectivity index (χ1n) is 9.08. The summed E-state index contributed by atoms with van der Waals surface area (Å²) in [5.41, 5.74) is 1.34. The van der Waals surface area contributed by atoms with Gasteiger partial charge < -0.3 is 10.2 Å². The van der Waals surface area contributed by atoms with E-state index in [0.717, 1.165) is 25.7 Å². The van der Waals surface area contributed by atoms with E-state index in [4.69, 9.17) is 0 Å². The van der Waals surface area contributed by atoms with Gasteiger partial charge in [-0.05, 0) is 57.3 Å². The molecule has 6 atom stereocenters. The monoisotopic (exact) mass is 320 g/mol. The van der Waals surface area contributed by atoms with Crippen molar-refractivity contribution in [1.82, 2.24) is 0 Å². The highest BCUT2D eigenvalue weighted by atomic mass is 16.3. The normalized spacial score (nSPS) is 33.0. The maximum absolute atomic E-state index is 11.6. The molecule has 6 unspecified atom stereocenters. The maximum Gasteiger partial charge on any atom is 0.133 e. The first kappa shape index (κ1) is 18.4. The zero-order chi connectivity index (χ0) is 17.0. The molecule has 0 bridgehead atoms. The predicted molar refractivity (Wildman–Crippen MR) is 92.9 cm³/mol. The lowest BCUT2D eigenvalue weighted by atomic mass is 9.89. The number of fused-ring (bicyclic) bond motifs is 1. The molecule has 130 valence electrons. The van der Waals surface area contributed by atoms with E-state index in [-0.39, 0.29) is 23.9 Å². The molecular weight excluding hydrogens is 288 g/mol. The third kappa shape index (κ3) is 5.02. The molecule has 2 aliphatic rings. The van der Waals surface area contributed by atoms with Gasteiger partial charge in [-0.3, -0.25) is 4.79 Å². The second-order valence-corrected chi connectivity index (χ2v) is 7.82. The predicted octanol–water partition coefficient (Wildman–Crippen LogP) is 3.65. The summed E-state index contributed by atoms with van der Waals surface area (Å²) < 4.78 is 0. The van der Waals surface area contributed by atoms with Gasteiger partial charge in [0.05, 0.1) is 12.2 Å². The lowest BCUT2D eigenvalue weighted by molar-refractivity contribution is -0.118. The van der Waals surface area contributed by atoms with E-state index in [1.165, 1.54) is 5.57 Å². The Morgan fingerprint density at radius 2 is 2.09 bits per heavy atom. The van der Waals surface area contributed by atoms with Crippen molar-refractivity contribution in [2.45, 2.75) is 71.5 Å². The van der Waals surface area contributed by atoms with Gasteiger partial charge in [0.15, 0.2) is 0 Å². The minimum atomic E-state index is -0.468. The van der Waals surface area contributed by atoms with Crippen molar-refractivity contribution in [2.24, 2.45) is 23.7 Å². The Morgan fingerprint density at radius 1 is 1.35 bits per heavy atom. The van der Waals surface area contributed by atoms with Crippen molar-refractivity contribution in [3.05, 3.63) is 23.8 Å². The van der Waals surface area contributed by atoms with E-state index in [9.17, 15) is 15.0 Å². The molecule has 3 heteroatoms. The summed E-state index contributed by atoms with van der Waals surface area (Å²) in [6.45, 7) is 6.29. The molecule has 0 aliphatic heterocycles. The highest BCUT2D eigenvalue weighted by Crippen LogP contribution is 2.46. The van der Waals surface area contributed by atoms with Gasteiger partial charge >= 0.3 is 0 Å². The van der Waals surface area contributed by atoms with Crippen LogP contribution in [0.1, 0.15) is 59.3 Å². The van der Waals surface area contributed by atoms with E-state index in [2.05, 4.69) is 26.8 Å². The lowest BCUT2D eigenvalue weighted by Gasteiger charge is -2.19. The molecule has 2 rings (SSSR count). The highest BCUT2D eigenvalue weighted by Gasteiger charge is 2.46. The van der Waals surface area contributed by atoms with Crippen molar-refractivity contribution in [2.75, 3.05) is 0 Å². The second-order valence-electron chi connectivity index (χ2n) is 7.82. The van der Waals surface area contributed by atoms with E-state index in [0.29, 0.717) is 24.5 Å². The Balaban J connectivity index is 1.81. The fourth-order valence-corrected chi connectivity index (χ4v) is 4.12. The van der Waals surface area contributed by atoms with Crippen LogP contribution in [0.25, 0.3) is 0 Å². The summed E-state index contributed by atoms with van der Waals surface area (Å²) in [4.78, 5) is 11.6. The number of aliphatic hydroxyl groups is 2. The van der Waals surface area contributed by atoms with Crippen LogP contribution in [0.2, 0.25) is 0 Å². The number of ketones is 1. The van der Waals surface area contributed by atoms with Crippen molar-refractivity contribution < 1.29 is 15.0 Å². The lowest BCUT2D eigenvalue weighted by Crippen LogP contribution is -2.20. The summed E-state index contributed by atoms with van der Waals surface area (Å²) >= 11 is 0. The van der Waals surface area contributed by atoms with Gasteiger partial charge in [0.1, 0.15) is 5.78 Å². The molecule has 0 heterocycles. The second kappa shape index (κ2) is 8.25. The molecule has 0 amide bonds. The third-order valence-corrected chi connectivity index (χ3v) is 5.57. The van der Waals surface area contributed by atoms with Crippen molar-refractivity contribution in [3.8, 4) is 0 Å². The topological polar surface area (TPSA) is 57.5 Å². The van der Waals surface area contributed by atoms with Gasteiger partial charge in [-0.1, -0.05) is 30.7 Å². The van der Waals surface area contributed by atoms with Gasteiger partial charge in [-0.2, -0.15) is 0 Å². The molecular formula is C20H32O3. The molecule has 3 nitrogen and oxygen atoms in total. The van der Waals surface area contributed by atoms with E-state index in [1.807, 2.05) is 12.2 Å². The van der Waals surface area contributed by atoms with Crippen LogP contribution in [0, 0.1) is 23.7 Å². The molecule has 2 saturated carbocycles. The number of carbonyl (C=O) groups is 1. The van der Waals surface area contributed by atoms with Crippen molar-refractivity contribution in [3.63, 3.8) is 0 Å². The van der Waals surface area contributed by atoms with Crippen LogP contribution in [0.4, 0.5) is 0 Å². The smallest absolute Gasteiger partial charge is 0.133 e. The fourth-order valence-electron chi connectivity index (χ4n) is 4.12. The number of rotatable bonds is 7. The van der Waals surface area contributed by atoms with Gasteiger partial charge in [-0.15, -0.1) is 0 Å². The van der Waals surface area contributed by atoms with Crippen LogP contribution < -0.4 is 0 Å². The van der Waals surface area contributed by atoms with E-state index >= 15 is 0 Å². The summed E-state index contributed by atoms with van der Waals surface area (Å²) in [5.74, 6) is 1.23. The van der Waals surface area contributed by atoms with Gasteiger partial charge in [0.2, 0.25) is 0 Å².